The highest BCUT2D eigenvalue weighted by Crippen LogP contribution is 2.20. The molecule has 3 rings (SSSR count). The van der Waals surface area contributed by atoms with Crippen LogP contribution in [0.2, 0.25) is 0 Å². The lowest BCUT2D eigenvalue weighted by molar-refractivity contribution is -0.142. The van der Waals surface area contributed by atoms with Crippen LogP contribution in [0.5, 0.6) is 0 Å². The Balaban J connectivity index is 1.46. The number of nitrogens with zero attached hydrogens (tertiary/aromatic N) is 5. The summed E-state index contributed by atoms with van der Waals surface area (Å²) < 4.78 is 5.36. The normalized spacial score (nSPS) is 21.3. The molecule has 27 heavy (non-hydrogen) atoms. The van der Waals surface area contributed by atoms with Crippen LogP contribution in [0, 0.1) is 5.92 Å². The van der Waals surface area contributed by atoms with Gasteiger partial charge in [-0.2, -0.15) is 0 Å². The van der Waals surface area contributed by atoms with Gasteiger partial charge in [0.25, 0.3) is 0 Å². The monoisotopic (exact) mass is 375 g/mol. The number of amides is 2. The summed E-state index contributed by atoms with van der Waals surface area (Å²) in [6.45, 7) is 6.14. The molecule has 8 heteroatoms. The first-order valence-electron chi connectivity index (χ1n) is 9.71. The number of morpholine rings is 1. The number of likely N-dealkylation sites (tertiary alicyclic amines) is 1. The summed E-state index contributed by atoms with van der Waals surface area (Å²) in [4.78, 5) is 39.2. The molecule has 0 aliphatic carbocycles. The Hall–Kier alpha value is -2.06. The first-order chi connectivity index (χ1) is 13.1. The maximum atomic E-state index is 12.8. The van der Waals surface area contributed by atoms with Crippen LogP contribution in [-0.2, 0) is 20.9 Å². The van der Waals surface area contributed by atoms with E-state index >= 15 is 0 Å². The van der Waals surface area contributed by atoms with Gasteiger partial charge in [-0.3, -0.25) is 24.5 Å². The molecule has 148 valence electrons. The van der Waals surface area contributed by atoms with Gasteiger partial charge in [0.15, 0.2) is 0 Å². The number of carbonyl (C=O) groups is 2. The average molecular weight is 375 g/mol. The Labute approximate surface area is 160 Å². The fourth-order valence-electron chi connectivity index (χ4n) is 3.69. The zero-order valence-corrected chi connectivity index (χ0v) is 16.0. The van der Waals surface area contributed by atoms with E-state index in [0.29, 0.717) is 32.5 Å². The van der Waals surface area contributed by atoms with E-state index in [4.69, 9.17) is 4.74 Å². The molecule has 3 heterocycles. The molecule has 2 fully saturated rings. The Morgan fingerprint density at radius 2 is 2.11 bits per heavy atom. The van der Waals surface area contributed by atoms with Crippen molar-refractivity contribution in [2.24, 2.45) is 5.92 Å². The van der Waals surface area contributed by atoms with Crippen LogP contribution in [0.3, 0.4) is 0 Å². The van der Waals surface area contributed by atoms with E-state index in [2.05, 4.69) is 14.9 Å². The molecule has 0 radical (unpaired) electrons. The van der Waals surface area contributed by atoms with Gasteiger partial charge in [-0.15, -0.1) is 0 Å². The molecule has 2 aliphatic rings. The van der Waals surface area contributed by atoms with Crippen molar-refractivity contribution in [3.05, 3.63) is 24.3 Å². The molecule has 1 unspecified atom stereocenters. The minimum atomic E-state index is -0.132. The summed E-state index contributed by atoms with van der Waals surface area (Å²) in [6, 6.07) is 0. The molecule has 0 N–H and O–H groups in total. The van der Waals surface area contributed by atoms with Crippen molar-refractivity contribution in [2.75, 3.05) is 53.0 Å². The lowest BCUT2D eigenvalue weighted by Gasteiger charge is -2.34. The first-order valence-corrected chi connectivity index (χ1v) is 9.71. The second-order valence-corrected chi connectivity index (χ2v) is 7.27. The lowest BCUT2D eigenvalue weighted by Crippen LogP contribution is -2.47. The minimum Gasteiger partial charge on any atom is -0.379 e. The van der Waals surface area contributed by atoms with Crippen LogP contribution in [0.15, 0.2) is 18.6 Å². The topological polar surface area (TPSA) is 78.9 Å². The van der Waals surface area contributed by atoms with Gasteiger partial charge in [-0.05, 0) is 12.8 Å². The van der Waals surface area contributed by atoms with E-state index in [1.807, 2.05) is 4.90 Å². The summed E-state index contributed by atoms with van der Waals surface area (Å²) >= 11 is 0. The number of carbonyl (C=O) groups excluding carboxylic acids is 2. The molecule has 8 nitrogen and oxygen atoms in total. The first kappa shape index (κ1) is 19.7. The molecule has 0 aromatic carbocycles. The predicted molar refractivity (Wildman–Crippen MR) is 99.7 cm³/mol. The van der Waals surface area contributed by atoms with E-state index < -0.39 is 0 Å². The lowest BCUT2D eigenvalue weighted by atomic mass is 9.96. The maximum Gasteiger partial charge on any atom is 0.227 e. The second-order valence-electron chi connectivity index (χ2n) is 7.27. The van der Waals surface area contributed by atoms with Gasteiger partial charge in [0.05, 0.1) is 37.6 Å². The maximum absolute atomic E-state index is 12.8. The van der Waals surface area contributed by atoms with Crippen LogP contribution in [-0.4, -0.2) is 89.5 Å². The Morgan fingerprint density at radius 1 is 1.30 bits per heavy atom. The van der Waals surface area contributed by atoms with Crippen molar-refractivity contribution < 1.29 is 14.3 Å². The van der Waals surface area contributed by atoms with E-state index in [0.717, 1.165) is 45.0 Å². The largest absolute Gasteiger partial charge is 0.379 e. The van der Waals surface area contributed by atoms with Crippen molar-refractivity contribution in [3.63, 3.8) is 0 Å². The van der Waals surface area contributed by atoms with Gasteiger partial charge in [-0.1, -0.05) is 0 Å². The zero-order chi connectivity index (χ0) is 19.1. The third-order valence-corrected chi connectivity index (χ3v) is 5.25. The van der Waals surface area contributed by atoms with Gasteiger partial charge in [-0.25, -0.2) is 0 Å². The highest BCUT2D eigenvalue weighted by atomic mass is 16.5. The summed E-state index contributed by atoms with van der Waals surface area (Å²) in [6.07, 6.45) is 6.93. The van der Waals surface area contributed by atoms with Gasteiger partial charge in [0, 0.05) is 58.6 Å². The molecule has 2 saturated heterocycles. The molecular weight excluding hydrogens is 346 g/mol. The Morgan fingerprint density at radius 3 is 2.85 bits per heavy atom. The molecular formula is C19H29N5O3. The molecule has 0 saturated carbocycles. The van der Waals surface area contributed by atoms with Gasteiger partial charge < -0.3 is 14.5 Å². The van der Waals surface area contributed by atoms with Crippen molar-refractivity contribution in [1.82, 2.24) is 24.7 Å². The van der Waals surface area contributed by atoms with Crippen LogP contribution < -0.4 is 0 Å². The van der Waals surface area contributed by atoms with Crippen LogP contribution in [0.25, 0.3) is 0 Å². The predicted octanol–water partition coefficient (Wildman–Crippen LogP) is 0.396. The number of hydrogen-bond acceptors (Lipinski definition) is 6. The molecule has 0 spiro atoms. The third kappa shape index (κ3) is 5.71. The smallest absolute Gasteiger partial charge is 0.227 e. The number of rotatable bonds is 7. The van der Waals surface area contributed by atoms with Crippen molar-refractivity contribution in [3.8, 4) is 0 Å². The second kappa shape index (κ2) is 9.75. The molecule has 2 aliphatic heterocycles. The van der Waals surface area contributed by atoms with E-state index in [9.17, 15) is 9.59 Å². The minimum absolute atomic E-state index is 0.0753. The van der Waals surface area contributed by atoms with E-state index in [1.165, 1.54) is 0 Å². The molecule has 1 aromatic rings. The Kier molecular flexibility index (Phi) is 7.11. The van der Waals surface area contributed by atoms with E-state index in [-0.39, 0.29) is 17.7 Å². The fraction of sp³-hybridized carbons (Fsp3) is 0.684. The van der Waals surface area contributed by atoms with Crippen LogP contribution >= 0.6 is 0 Å². The van der Waals surface area contributed by atoms with Crippen molar-refractivity contribution in [2.45, 2.75) is 25.8 Å². The summed E-state index contributed by atoms with van der Waals surface area (Å²) in [5, 5.41) is 0. The molecule has 1 aromatic heterocycles. The van der Waals surface area contributed by atoms with Crippen LogP contribution in [0.4, 0.5) is 0 Å². The summed E-state index contributed by atoms with van der Waals surface area (Å²) in [5.74, 6) is 0.108. The van der Waals surface area contributed by atoms with Crippen LogP contribution in [0.1, 0.15) is 25.0 Å². The van der Waals surface area contributed by atoms with Gasteiger partial charge in [0.1, 0.15) is 0 Å². The van der Waals surface area contributed by atoms with Crippen molar-refractivity contribution in [1.29, 1.82) is 0 Å². The molecule has 1 atom stereocenters. The number of ether oxygens (including phenoxy) is 1. The van der Waals surface area contributed by atoms with E-state index in [1.54, 1.807) is 30.5 Å². The molecule has 2 amide bonds. The Bertz CT molecular complexity index is 621. The quantitative estimate of drug-likeness (QED) is 0.686. The summed E-state index contributed by atoms with van der Waals surface area (Å²) in [7, 11) is 1.79. The van der Waals surface area contributed by atoms with Crippen molar-refractivity contribution >= 4 is 11.8 Å². The van der Waals surface area contributed by atoms with Gasteiger partial charge in [0.2, 0.25) is 11.8 Å². The third-order valence-electron chi connectivity index (χ3n) is 5.25. The average Bonchev–Trinajstić information content (AvgIpc) is 2.70. The SMILES string of the molecule is CN(Cc1cnccn1)C(=O)C1CCC(=O)N(CCCN2CCOCC2)C1. The standard InChI is InChI=1S/C19H29N5O3/c1-22(15-17-13-20-5-6-21-17)19(26)16-3-4-18(25)24(14-16)8-2-7-23-9-11-27-12-10-23/h5-6,13,16H,2-4,7-12,14-15H2,1H3. The summed E-state index contributed by atoms with van der Waals surface area (Å²) in [5.41, 5.74) is 0.766. The highest BCUT2D eigenvalue weighted by molar-refractivity contribution is 5.83. The highest BCUT2D eigenvalue weighted by Gasteiger charge is 2.31. The fourth-order valence-corrected chi connectivity index (χ4v) is 3.69. The van der Waals surface area contributed by atoms with Gasteiger partial charge >= 0.3 is 0 Å². The number of piperidine rings is 1. The number of hydrogen-bond donors (Lipinski definition) is 0. The number of aromatic nitrogens is 2. The molecule has 0 bridgehead atoms. The zero-order valence-electron chi connectivity index (χ0n) is 16.0.